The van der Waals surface area contributed by atoms with Crippen LogP contribution in [0.1, 0.15) is 17.7 Å². The Kier molecular flexibility index (Phi) is 4.19. The van der Waals surface area contributed by atoms with Crippen LogP contribution in [0.5, 0.6) is 0 Å². The summed E-state index contributed by atoms with van der Waals surface area (Å²) in [4.78, 5) is 3.62. The maximum atomic E-state index is 12.4. The van der Waals surface area contributed by atoms with Crippen molar-refractivity contribution < 1.29 is 8.78 Å². The maximum absolute atomic E-state index is 12.4. The molecular weight excluding hydrogens is 369 g/mol. The van der Waals surface area contributed by atoms with Crippen LogP contribution in [0.15, 0.2) is 10.7 Å². The lowest BCUT2D eigenvalue weighted by Crippen LogP contribution is -1.99. The quantitative estimate of drug-likeness (QED) is 0.745. The van der Waals surface area contributed by atoms with Gasteiger partial charge in [-0.15, -0.1) is 0 Å². The lowest BCUT2D eigenvalue weighted by molar-refractivity contribution is 0.145. The number of hydrogen-bond donors (Lipinski definition) is 0. The van der Waals surface area contributed by atoms with Crippen LogP contribution in [0.2, 0.25) is 0 Å². The number of aromatic nitrogens is 1. The van der Waals surface area contributed by atoms with Crippen LogP contribution in [-0.4, -0.2) is 4.98 Å². The van der Waals surface area contributed by atoms with E-state index in [1.165, 1.54) is 6.20 Å². The van der Waals surface area contributed by atoms with Gasteiger partial charge in [0, 0.05) is 10.7 Å². The van der Waals surface area contributed by atoms with Gasteiger partial charge in [0.25, 0.3) is 6.43 Å². The van der Waals surface area contributed by atoms with Crippen molar-refractivity contribution in [1.82, 2.24) is 4.98 Å². The van der Waals surface area contributed by atoms with Gasteiger partial charge in [-0.25, -0.2) is 8.78 Å². The number of nitrogens with zero attached hydrogens (tertiary/aromatic N) is 2. The summed E-state index contributed by atoms with van der Waals surface area (Å²) < 4.78 is 25.6. The molecule has 0 aliphatic carbocycles. The minimum Gasteiger partial charge on any atom is -0.254 e. The second-order valence-corrected chi connectivity index (χ2v) is 4.30. The minimum atomic E-state index is -2.59. The monoisotopic (exact) mass is 372 g/mol. The predicted octanol–water partition coefficient (Wildman–Crippen LogP) is 3.45. The number of alkyl halides is 2. The van der Waals surface area contributed by atoms with Crippen molar-refractivity contribution >= 4 is 38.5 Å². The summed E-state index contributed by atoms with van der Waals surface area (Å²) >= 11 is 4.96. The molecule has 6 heteroatoms. The Bertz CT molecular complexity index is 390. The minimum absolute atomic E-state index is 0.160. The van der Waals surface area contributed by atoms with Gasteiger partial charge in [0.2, 0.25) is 0 Å². The molecule has 0 aromatic carbocycles. The third kappa shape index (κ3) is 2.39. The first-order chi connectivity index (χ1) is 6.57. The zero-order chi connectivity index (χ0) is 10.7. The van der Waals surface area contributed by atoms with Gasteiger partial charge in [-0.2, -0.15) is 5.26 Å². The standard InChI is InChI=1S/C8H4BrF2IN2/c9-5-4(1-2-13)3-14-7(6(5)12)8(10)11/h3,8H,1H2. The zero-order valence-electron chi connectivity index (χ0n) is 6.77. The van der Waals surface area contributed by atoms with E-state index < -0.39 is 6.43 Å². The molecule has 0 bridgehead atoms. The van der Waals surface area contributed by atoms with Gasteiger partial charge >= 0.3 is 0 Å². The fourth-order valence-electron chi connectivity index (χ4n) is 0.875. The molecule has 0 fully saturated rings. The molecule has 0 atom stereocenters. The highest BCUT2D eigenvalue weighted by Gasteiger charge is 2.17. The Morgan fingerprint density at radius 1 is 1.64 bits per heavy atom. The van der Waals surface area contributed by atoms with Crippen LogP contribution in [0.3, 0.4) is 0 Å². The Morgan fingerprint density at radius 3 is 2.79 bits per heavy atom. The maximum Gasteiger partial charge on any atom is 0.281 e. The van der Waals surface area contributed by atoms with E-state index in [0.717, 1.165) is 0 Å². The normalized spacial score (nSPS) is 10.3. The summed E-state index contributed by atoms with van der Waals surface area (Å²) in [7, 11) is 0. The van der Waals surface area contributed by atoms with Gasteiger partial charge in [-0.1, -0.05) is 0 Å². The molecule has 0 spiro atoms. The largest absolute Gasteiger partial charge is 0.281 e. The van der Waals surface area contributed by atoms with Crippen LogP contribution >= 0.6 is 38.5 Å². The number of rotatable bonds is 2. The molecule has 0 saturated carbocycles. The summed E-state index contributed by atoms with van der Waals surface area (Å²) in [6.45, 7) is 0. The molecule has 0 unspecified atom stereocenters. The Hall–Kier alpha value is -0.290. The molecule has 1 heterocycles. The third-order valence-corrected chi connectivity index (χ3v) is 4.27. The van der Waals surface area contributed by atoms with Crippen molar-refractivity contribution in [3.8, 4) is 6.07 Å². The van der Waals surface area contributed by atoms with Gasteiger partial charge in [0.1, 0.15) is 5.69 Å². The van der Waals surface area contributed by atoms with Crippen LogP contribution in [-0.2, 0) is 6.42 Å². The molecule has 0 saturated heterocycles. The molecule has 74 valence electrons. The van der Waals surface area contributed by atoms with E-state index in [1.54, 1.807) is 22.6 Å². The van der Waals surface area contributed by atoms with Crippen molar-refractivity contribution in [2.24, 2.45) is 0 Å². The molecule has 0 N–H and O–H groups in total. The molecule has 1 aromatic heterocycles. The lowest BCUT2D eigenvalue weighted by Gasteiger charge is -2.06. The first kappa shape index (κ1) is 11.8. The number of halogens is 4. The van der Waals surface area contributed by atoms with Gasteiger partial charge in [0.15, 0.2) is 0 Å². The number of hydrogen-bond acceptors (Lipinski definition) is 2. The SMILES string of the molecule is N#CCc1cnc(C(F)F)c(I)c1Br. The Balaban J connectivity index is 3.20. The highest BCUT2D eigenvalue weighted by atomic mass is 127. The van der Waals surface area contributed by atoms with Crippen LogP contribution in [0.25, 0.3) is 0 Å². The molecule has 0 radical (unpaired) electrons. The summed E-state index contributed by atoms with van der Waals surface area (Å²) in [5.41, 5.74) is 0.375. The second kappa shape index (κ2) is 4.98. The first-order valence-corrected chi connectivity index (χ1v) is 5.43. The van der Waals surface area contributed by atoms with Crippen molar-refractivity contribution in [3.63, 3.8) is 0 Å². The van der Waals surface area contributed by atoms with Crippen molar-refractivity contribution in [2.45, 2.75) is 12.8 Å². The molecule has 14 heavy (non-hydrogen) atoms. The predicted molar refractivity (Wildman–Crippen MR) is 58.9 cm³/mol. The van der Waals surface area contributed by atoms with Crippen LogP contribution in [0.4, 0.5) is 8.78 Å². The first-order valence-electron chi connectivity index (χ1n) is 3.55. The molecule has 0 aliphatic rings. The second-order valence-electron chi connectivity index (χ2n) is 2.43. The molecule has 2 nitrogen and oxygen atoms in total. The third-order valence-electron chi connectivity index (χ3n) is 1.54. The smallest absolute Gasteiger partial charge is 0.254 e. The highest BCUT2D eigenvalue weighted by Crippen LogP contribution is 2.30. The van der Waals surface area contributed by atoms with Gasteiger partial charge < -0.3 is 0 Å². The molecule has 0 aliphatic heterocycles. The number of nitriles is 1. The average molecular weight is 373 g/mol. The fraction of sp³-hybridized carbons (Fsp3) is 0.250. The van der Waals surface area contributed by atoms with Gasteiger partial charge in [-0.05, 0) is 44.1 Å². The van der Waals surface area contributed by atoms with E-state index in [1.807, 2.05) is 6.07 Å². The molecular formula is C8H4BrF2IN2. The summed E-state index contributed by atoms with van der Waals surface area (Å²) in [6, 6.07) is 1.94. The summed E-state index contributed by atoms with van der Waals surface area (Å²) in [5.74, 6) is 0. The Morgan fingerprint density at radius 2 is 2.29 bits per heavy atom. The van der Waals surface area contributed by atoms with Crippen molar-refractivity contribution in [3.05, 3.63) is 25.5 Å². The molecule has 1 rings (SSSR count). The van der Waals surface area contributed by atoms with E-state index in [-0.39, 0.29) is 12.1 Å². The van der Waals surface area contributed by atoms with E-state index in [9.17, 15) is 8.78 Å². The highest BCUT2D eigenvalue weighted by molar-refractivity contribution is 14.1. The van der Waals surface area contributed by atoms with E-state index >= 15 is 0 Å². The number of pyridine rings is 1. The zero-order valence-corrected chi connectivity index (χ0v) is 10.5. The summed E-state index contributed by atoms with van der Waals surface area (Å²) in [5, 5.41) is 8.46. The fourth-order valence-corrected chi connectivity index (χ4v) is 2.04. The van der Waals surface area contributed by atoms with Crippen molar-refractivity contribution in [1.29, 1.82) is 5.26 Å². The average Bonchev–Trinajstić information content (AvgIpc) is 2.13. The lowest BCUT2D eigenvalue weighted by atomic mass is 10.2. The van der Waals surface area contributed by atoms with E-state index in [4.69, 9.17) is 5.26 Å². The van der Waals surface area contributed by atoms with Gasteiger partial charge in [-0.3, -0.25) is 4.98 Å². The van der Waals surface area contributed by atoms with E-state index in [2.05, 4.69) is 20.9 Å². The topological polar surface area (TPSA) is 36.7 Å². The van der Waals surface area contributed by atoms with E-state index in [0.29, 0.717) is 13.6 Å². The summed E-state index contributed by atoms with van der Waals surface area (Å²) in [6.07, 6.45) is -1.13. The van der Waals surface area contributed by atoms with Crippen LogP contribution < -0.4 is 0 Å². The van der Waals surface area contributed by atoms with Crippen molar-refractivity contribution in [2.75, 3.05) is 0 Å². The van der Waals surface area contributed by atoms with Gasteiger partial charge in [0.05, 0.1) is 16.1 Å². The molecule has 0 amide bonds. The Labute approximate surface area is 102 Å². The van der Waals surface area contributed by atoms with Crippen LogP contribution in [0, 0.1) is 14.9 Å². The molecule has 1 aromatic rings.